The van der Waals surface area contributed by atoms with Crippen LogP contribution in [0.4, 0.5) is 4.79 Å². The molecule has 1 amide bonds. The lowest BCUT2D eigenvalue weighted by atomic mass is 10.1. The van der Waals surface area contributed by atoms with Gasteiger partial charge in [0.2, 0.25) is 0 Å². The minimum Gasteiger partial charge on any atom is -0.444 e. The first-order valence-corrected chi connectivity index (χ1v) is 6.98. The SMILES string of the molecule is CC(C)(C)OC(=O)N1[C@@H](C2CCCO2)COC1(C)C. The maximum absolute atomic E-state index is 12.4. The fourth-order valence-electron chi connectivity index (χ4n) is 2.68. The van der Waals surface area contributed by atoms with Crippen molar-refractivity contribution in [2.24, 2.45) is 0 Å². The Kier molecular flexibility index (Phi) is 3.80. The number of hydrogen-bond acceptors (Lipinski definition) is 4. The molecular formula is C14H25NO4. The molecule has 2 saturated heterocycles. The van der Waals surface area contributed by atoms with Gasteiger partial charge in [-0.3, -0.25) is 4.90 Å². The van der Waals surface area contributed by atoms with E-state index < -0.39 is 11.3 Å². The second-order valence-corrected chi connectivity index (χ2v) is 6.73. The Morgan fingerprint density at radius 2 is 2.05 bits per heavy atom. The van der Waals surface area contributed by atoms with Crippen LogP contribution in [0.25, 0.3) is 0 Å². The van der Waals surface area contributed by atoms with E-state index in [1.807, 2.05) is 34.6 Å². The maximum atomic E-state index is 12.4. The standard InChI is InChI=1S/C14H25NO4/c1-13(2,3)19-12(16)15-10(9-18-14(15,4)5)11-7-6-8-17-11/h10-11H,6-9H2,1-5H3/t10-,11?/m1/s1. The van der Waals surface area contributed by atoms with Crippen LogP contribution in [0.2, 0.25) is 0 Å². The molecule has 0 bridgehead atoms. The highest BCUT2D eigenvalue weighted by molar-refractivity contribution is 5.69. The number of carbonyl (C=O) groups excluding carboxylic acids is 1. The van der Waals surface area contributed by atoms with E-state index in [4.69, 9.17) is 14.2 Å². The van der Waals surface area contributed by atoms with E-state index in [0.717, 1.165) is 19.4 Å². The van der Waals surface area contributed by atoms with Crippen LogP contribution in [0.3, 0.4) is 0 Å². The molecule has 2 rings (SSSR count). The molecule has 1 unspecified atom stereocenters. The molecule has 2 heterocycles. The molecule has 2 atom stereocenters. The molecule has 0 aromatic carbocycles. The summed E-state index contributed by atoms with van der Waals surface area (Å²) >= 11 is 0. The minimum atomic E-state index is -0.640. The predicted octanol–water partition coefficient (Wildman–Crippen LogP) is 2.54. The van der Waals surface area contributed by atoms with Crippen molar-refractivity contribution >= 4 is 6.09 Å². The highest BCUT2D eigenvalue weighted by Gasteiger charge is 2.49. The molecule has 0 N–H and O–H groups in total. The lowest BCUT2D eigenvalue weighted by molar-refractivity contribution is -0.0687. The molecule has 2 aliphatic rings. The molecule has 0 radical (unpaired) electrons. The number of nitrogens with zero attached hydrogens (tertiary/aromatic N) is 1. The van der Waals surface area contributed by atoms with Gasteiger partial charge in [0.05, 0.1) is 18.8 Å². The van der Waals surface area contributed by atoms with Crippen molar-refractivity contribution < 1.29 is 19.0 Å². The van der Waals surface area contributed by atoms with Crippen molar-refractivity contribution in [3.8, 4) is 0 Å². The summed E-state index contributed by atoms with van der Waals surface area (Å²) in [5, 5.41) is 0. The van der Waals surface area contributed by atoms with Crippen LogP contribution < -0.4 is 0 Å². The van der Waals surface area contributed by atoms with Gasteiger partial charge >= 0.3 is 6.09 Å². The Balaban J connectivity index is 2.14. The van der Waals surface area contributed by atoms with Gasteiger partial charge in [0.1, 0.15) is 11.3 Å². The molecule has 0 aliphatic carbocycles. The van der Waals surface area contributed by atoms with E-state index in [9.17, 15) is 4.79 Å². The first kappa shape index (κ1) is 14.6. The first-order chi connectivity index (χ1) is 8.71. The quantitative estimate of drug-likeness (QED) is 0.735. The van der Waals surface area contributed by atoms with Crippen molar-refractivity contribution in [2.45, 2.75) is 70.9 Å². The third-order valence-corrected chi connectivity index (χ3v) is 3.50. The van der Waals surface area contributed by atoms with Crippen LogP contribution in [0, 0.1) is 0 Å². The van der Waals surface area contributed by atoms with Gasteiger partial charge in [-0.05, 0) is 47.5 Å². The Morgan fingerprint density at radius 3 is 2.58 bits per heavy atom. The summed E-state index contributed by atoms with van der Waals surface area (Å²) in [6.07, 6.45) is 1.76. The largest absolute Gasteiger partial charge is 0.444 e. The molecular weight excluding hydrogens is 246 g/mol. The Bertz CT molecular complexity index is 342. The fraction of sp³-hybridized carbons (Fsp3) is 0.929. The van der Waals surface area contributed by atoms with Crippen molar-refractivity contribution in [2.75, 3.05) is 13.2 Å². The van der Waals surface area contributed by atoms with E-state index in [1.165, 1.54) is 0 Å². The van der Waals surface area contributed by atoms with Crippen molar-refractivity contribution in [3.05, 3.63) is 0 Å². The van der Waals surface area contributed by atoms with E-state index in [0.29, 0.717) is 6.61 Å². The highest BCUT2D eigenvalue weighted by Crippen LogP contribution is 2.34. The number of carbonyl (C=O) groups is 1. The van der Waals surface area contributed by atoms with Gasteiger partial charge in [-0.1, -0.05) is 0 Å². The van der Waals surface area contributed by atoms with Gasteiger partial charge in [0, 0.05) is 6.61 Å². The molecule has 0 spiro atoms. The summed E-state index contributed by atoms with van der Waals surface area (Å²) < 4.78 is 17.0. The van der Waals surface area contributed by atoms with Crippen LogP contribution in [0.5, 0.6) is 0 Å². The van der Waals surface area contributed by atoms with E-state index in [-0.39, 0.29) is 18.2 Å². The second kappa shape index (κ2) is 4.94. The van der Waals surface area contributed by atoms with E-state index in [2.05, 4.69) is 0 Å². The summed E-state index contributed by atoms with van der Waals surface area (Å²) in [6.45, 7) is 10.7. The summed E-state index contributed by atoms with van der Waals surface area (Å²) in [5.41, 5.74) is -1.14. The number of ether oxygens (including phenoxy) is 3. The van der Waals surface area contributed by atoms with Crippen molar-refractivity contribution in [3.63, 3.8) is 0 Å². The molecule has 0 aromatic heterocycles. The van der Waals surface area contributed by atoms with Crippen LogP contribution >= 0.6 is 0 Å². The smallest absolute Gasteiger partial charge is 0.412 e. The Morgan fingerprint density at radius 1 is 1.37 bits per heavy atom. The average molecular weight is 271 g/mol. The van der Waals surface area contributed by atoms with E-state index in [1.54, 1.807) is 4.90 Å². The lowest BCUT2D eigenvalue weighted by Gasteiger charge is -2.36. The van der Waals surface area contributed by atoms with Crippen molar-refractivity contribution in [1.29, 1.82) is 0 Å². The van der Waals surface area contributed by atoms with Crippen LogP contribution in [0.15, 0.2) is 0 Å². The summed E-state index contributed by atoms with van der Waals surface area (Å²) in [6, 6.07) is -0.0488. The summed E-state index contributed by atoms with van der Waals surface area (Å²) in [5.74, 6) is 0. The molecule has 0 saturated carbocycles. The minimum absolute atomic E-state index is 0.0488. The molecule has 5 nitrogen and oxygen atoms in total. The zero-order valence-electron chi connectivity index (χ0n) is 12.6. The number of rotatable bonds is 1. The second-order valence-electron chi connectivity index (χ2n) is 6.73. The highest BCUT2D eigenvalue weighted by atomic mass is 16.6. The molecule has 2 fully saturated rings. The van der Waals surface area contributed by atoms with Gasteiger partial charge in [0.15, 0.2) is 0 Å². The van der Waals surface area contributed by atoms with E-state index >= 15 is 0 Å². The molecule has 5 heteroatoms. The molecule has 2 aliphatic heterocycles. The third-order valence-electron chi connectivity index (χ3n) is 3.50. The predicted molar refractivity (Wildman–Crippen MR) is 70.9 cm³/mol. The normalized spacial score (nSPS) is 30.7. The summed E-state index contributed by atoms with van der Waals surface area (Å²) in [4.78, 5) is 14.1. The van der Waals surface area contributed by atoms with Gasteiger partial charge in [0.25, 0.3) is 0 Å². The Hall–Kier alpha value is -0.810. The number of amides is 1. The zero-order valence-corrected chi connectivity index (χ0v) is 12.6. The van der Waals surface area contributed by atoms with Gasteiger partial charge in [-0.25, -0.2) is 4.79 Å². The topological polar surface area (TPSA) is 48.0 Å². The van der Waals surface area contributed by atoms with Gasteiger partial charge in [-0.15, -0.1) is 0 Å². The zero-order chi connectivity index (χ0) is 14.3. The van der Waals surface area contributed by atoms with Crippen LogP contribution in [-0.4, -0.2) is 47.7 Å². The molecule has 110 valence electrons. The number of hydrogen-bond donors (Lipinski definition) is 0. The first-order valence-electron chi connectivity index (χ1n) is 6.98. The van der Waals surface area contributed by atoms with Crippen LogP contribution in [0.1, 0.15) is 47.5 Å². The van der Waals surface area contributed by atoms with Crippen molar-refractivity contribution in [1.82, 2.24) is 4.90 Å². The van der Waals surface area contributed by atoms with Crippen LogP contribution in [-0.2, 0) is 14.2 Å². The molecule has 19 heavy (non-hydrogen) atoms. The summed E-state index contributed by atoms with van der Waals surface area (Å²) in [7, 11) is 0. The maximum Gasteiger partial charge on any atom is 0.412 e. The lowest BCUT2D eigenvalue weighted by Crippen LogP contribution is -2.53. The monoisotopic (exact) mass is 271 g/mol. The van der Waals surface area contributed by atoms with Gasteiger partial charge < -0.3 is 14.2 Å². The third kappa shape index (κ3) is 3.20. The average Bonchev–Trinajstić information content (AvgIpc) is 2.81. The fourth-order valence-corrected chi connectivity index (χ4v) is 2.68. The van der Waals surface area contributed by atoms with Gasteiger partial charge in [-0.2, -0.15) is 0 Å². The molecule has 0 aromatic rings. The Labute approximate surface area is 115 Å².